The number of anilines is 1. The van der Waals surface area contributed by atoms with Gasteiger partial charge in [0.1, 0.15) is 6.10 Å². The van der Waals surface area contributed by atoms with Crippen molar-refractivity contribution in [3.63, 3.8) is 0 Å². The molecule has 5 rings (SSSR count). The average molecular weight is 391 g/mol. The molecule has 0 unspecified atom stereocenters. The Hall–Kier alpha value is -3.32. The molecule has 1 atom stereocenters. The maximum atomic E-state index is 12.6. The van der Waals surface area contributed by atoms with Gasteiger partial charge in [0, 0.05) is 5.69 Å². The summed E-state index contributed by atoms with van der Waals surface area (Å²) in [5, 5.41) is 7.40. The first-order chi connectivity index (χ1) is 14.2. The normalized spacial score (nSPS) is 17.1. The van der Waals surface area contributed by atoms with E-state index in [0.29, 0.717) is 18.8 Å². The number of carbonyl (C=O) groups is 1. The summed E-state index contributed by atoms with van der Waals surface area (Å²) in [6.45, 7) is 3.27. The van der Waals surface area contributed by atoms with Gasteiger partial charge < -0.3 is 19.5 Å². The highest BCUT2D eigenvalue weighted by atomic mass is 16.7. The van der Waals surface area contributed by atoms with Gasteiger partial charge >= 0.3 is 0 Å². The van der Waals surface area contributed by atoms with Gasteiger partial charge in [-0.1, -0.05) is 25.1 Å². The van der Waals surface area contributed by atoms with E-state index in [9.17, 15) is 4.79 Å². The van der Waals surface area contributed by atoms with Gasteiger partial charge in [-0.05, 0) is 47.9 Å². The van der Waals surface area contributed by atoms with Crippen LogP contribution in [-0.4, -0.2) is 22.5 Å². The summed E-state index contributed by atoms with van der Waals surface area (Å²) < 4.78 is 18.7. The Labute approximate surface area is 168 Å². The van der Waals surface area contributed by atoms with Crippen LogP contribution in [0.1, 0.15) is 40.3 Å². The lowest BCUT2D eigenvalue weighted by atomic mass is 10.1. The van der Waals surface area contributed by atoms with E-state index in [2.05, 4.69) is 17.3 Å². The molecule has 2 aliphatic heterocycles. The molecule has 0 radical (unpaired) electrons. The number of carbonyl (C=O) groups excluding carboxylic acids is 1. The summed E-state index contributed by atoms with van der Waals surface area (Å²) >= 11 is 0. The quantitative estimate of drug-likeness (QED) is 0.734. The molecule has 1 aromatic heterocycles. The van der Waals surface area contributed by atoms with E-state index in [-0.39, 0.29) is 18.8 Å². The van der Waals surface area contributed by atoms with Crippen molar-refractivity contribution < 1.29 is 19.0 Å². The predicted molar refractivity (Wildman–Crippen MR) is 106 cm³/mol. The van der Waals surface area contributed by atoms with Crippen LogP contribution in [0.4, 0.5) is 5.69 Å². The van der Waals surface area contributed by atoms with Crippen LogP contribution < -0.4 is 14.8 Å². The van der Waals surface area contributed by atoms with E-state index in [0.717, 1.165) is 34.9 Å². The largest absolute Gasteiger partial charge is 0.454 e. The zero-order valence-corrected chi connectivity index (χ0v) is 16.1. The van der Waals surface area contributed by atoms with E-state index in [1.165, 1.54) is 5.56 Å². The highest BCUT2D eigenvalue weighted by molar-refractivity contribution is 6.02. The van der Waals surface area contributed by atoms with Crippen LogP contribution in [0.25, 0.3) is 0 Å². The van der Waals surface area contributed by atoms with Crippen molar-refractivity contribution in [2.45, 2.75) is 32.6 Å². The Kier molecular flexibility index (Phi) is 4.44. The lowest BCUT2D eigenvalue weighted by Crippen LogP contribution is -2.22. The van der Waals surface area contributed by atoms with Gasteiger partial charge in [0.2, 0.25) is 6.79 Å². The van der Waals surface area contributed by atoms with E-state index < -0.39 is 0 Å². The first-order valence-electron chi connectivity index (χ1n) is 9.68. The molecule has 7 nitrogen and oxygen atoms in total. The van der Waals surface area contributed by atoms with Gasteiger partial charge in [0.15, 0.2) is 17.2 Å². The minimum absolute atomic E-state index is 0.158. The Morgan fingerprint density at radius 3 is 2.79 bits per heavy atom. The zero-order chi connectivity index (χ0) is 19.8. The van der Waals surface area contributed by atoms with Gasteiger partial charge in [0.05, 0.1) is 18.8 Å². The second kappa shape index (κ2) is 7.25. The SMILES string of the molecule is CCc1ccc(NC(=O)c2cc3n(n2)C[C@@H](c2ccc4c(c2)OCO4)OC3)cc1. The van der Waals surface area contributed by atoms with Gasteiger partial charge in [-0.25, -0.2) is 0 Å². The Bertz CT molecular complexity index is 1060. The second-order valence-electron chi connectivity index (χ2n) is 7.12. The van der Waals surface area contributed by atoms with E-state index in [4.69, 9.17) is 14.2 Å². The number of amides is 1. The molecule has 1 amide bonds. The summed E-state index contributed by atoms with van der Waals surface area (Å²) in [5.41, 5.74) is 4.25. The minimum atomic E-state index is -0.226. The molecule has 7 heteroatoms. The fourth-order valence-electron chi connectivity index (χ4n) is 3.57. The van der Waals surface area contributed by atoms with Crippen LogP contribution in [0.2, 0.25) is 0 Å². The molecule has 0 aliphatic carbocycles. The number of nitrogens with zero attached hydrogens (tertiary/aromatic N) is 2. The molecule has 0 fully saturated rings. The second-order valence-corrected chi connectivity index (χ2v) is 7.12. The molecule has 3 heterocycles. The lowest BCUT2D eigenvalue weighted by Gasteiger charge is -2.24. The molecule has 1 N–H and O–H groups in total. The third-order valence-corrected chi connectivity index (χ3v) is 5.26. The summed E-state index contributed by atoms with van der Waals surface area (Å²) in [7, 11) is 0. The Morgan fingerprint density at radius 2 is 1.97 bits per heavy atom. The molecule has 0 saturated carbocycles. The molecule has 0 saturated heterocycles. The van der Waals surface area contributed by atoms with Crippen molar-refractivity contribution in [2.75, 3.05) is 12.1 Å². The number of rotatable bonds is 4. The van der Waals surface area contributed by atoms with Gasteiger partial charge in [0.25, 0.3) is 5.91 Å². The number of hydrogen-bond donors (Lipinski definition) is 1. The van der Waals surface area contributed by atoms with Crippen molar-refractivity contribution in [3.05, 3.63) is 71.0 Å². The van der Waals surface area contributed by atoms with Crippen LogP contribution in [0.3, 0.4) is 0 Å². The third kappa shape index (κ3) is 3.45. The summed E-state index contributed by atoms with van der Waals surface area (Å²) in [6, 6.07) is 15.4. The maximum Gasteiger partial charge on any atom is 0.276 e. The standard InChI is InChI=1S/C22H21N3O4/c1-2-14-3-6-16(7-4-14)23-22(26)18-10-17-12-27-21(11-25(17)24-18)15-5-8-19-20(9-15)29-13-28-19/h3-10,21H,2,11-13H2,1H3,(H,23,26)/t21-/m0/s1. The first kappa shape index (κ1) is 17.8. The molecule has 2 aliphatic rings. The van der Waals surface area contributed by atoms with Crippen molar-refractivity contribution in [3.8, 4) is 11.5 Å². The minimum Gasteiger partial charge on any atom is -0.454 e. The monoisotopic (exact) mass is 391 g/mol. The molecule has 0 spiro atoms. The number of fused-ring (bicyclic) bond motifs is 2. The number of aromatic nitrogens is 2. The highest BCUT2D eigenvalue weighted by Crippen LogP contribution is 2.36. The van der Waals surface area contributed by atoms with Gasteiger partial charge in [-0.3, -0.25) is 9.48 Å². The van der Waals surface area contributed by atoms with Crippen LogP contribution in [0, 0.1) is 0 Å². The van der Waals surface area contributed by atoms with E-state index >= 15 is 0 Å². The number of hydrogen-bond acceptors (Lipinski definition) is 5. The topological polar surface area (TPSA) is 74.6 Å². The van der Waals surface area contributed by atoms with Crippen LogP contribution in [-0.2, 0) is 24.3 Å². The lowest BCUT2D eigenvalue weighted by molar-refractivity contribution is -0.00127. The number of aryl methyl sites for hydroxylation is 1. The Balaban J connectivity index is 1.30. The first-order valence-corrected chi connectivity index (χ1v) is 9.68. The molecular formula is C22H21N3O4. The third-order valence-electron chi connectivity index (χ3n) is 5.26. The number of nitrogens with one attached hydrogen (secondary N) is 1. The van der Waals surface area contributed by atoms with Gasteiger partial charge in [-0.2, -0.15) is 5.10 Å². The molecule has 148 valence electrons. The highest BCUT2D eigenvalue weighted by Gasteiger charge is 2.26. The van der Waals surface area contributed by atoms with E-state index in [1.807, 2.05) is 47.1 Å². The van der Waals surface area contributed by atoms with Crippen LogP contribution in [0.5, 0.6) is 11.5 Å². The fourth-order valence-corrected chi connectivity index (χ4v) is 3.57. The molecule has 2 aromatic carbocycles. The van der Waals surface area contributed by atoms with E-state index in [1.54, 1.807) is 6.07 Å². The van der Waals surface area contributed by atoms with Gasteiger partial charge in [-0.15, -0.1) is 0 Å². The fraction of sp³-hybridized carbons (Fsp3) is 0.273. The summed E-state index contributed by atoms with van der Waals surface area (Å²) in [6.07, 6.45) is 0.807. The van der Waals surface area contributed by atoms with Crippen molar-refractivity contribution in [1.29, 1.82) is 0 Å². The summed E-state index contributed by atoms with van der Waals surface area (Å²) in [5.74, 6) is 1.25. The van der Waals surface area contributed by atoms with Crippen LogP contribution >= 0.6 is 0 Å². The molecule has 0 bridgehead atoms. The summed E-state index contributed by atoms with van der Waals surface area (Å²) in [4.78, 5) is 12.6. The number of ether oxygens (including phenoxy) is 3. The van der Waals surface area contributed by atoms with Crippen LogP contribution in [0.15, 0.2) is 48.5 Å². The van der Waals surface area contributed by atoms with Crippen molar-refractivity contribution in [1.82, 2.24) is 9.78 Å². The number of benzene rings is 2. The van der Waals surface area contributed by atoms with Crippen molar-refractivity contribution in [2.24, 2.45) is 0 Å². The maximum absolute atomic E-state index is 12.6. The average Bonchev–Trinajstić information content (AvgIpc) is 3.40. The predicted octanol–water partition coefficient (Wildman–Crippen LogP) is 3.70. The molecule has 29 heavy (non-hydrogen) atoms. The molecular weight excluding hydrogens is 370 g/mol. The Morgan fingerprint density at radius 1 is 1.14 bits per heavy atom. The zero-order valence-electron chi connectivity index (χ0n) is 16.1. The smallest absolute Gasteiger partial charge is 0.276 e. The van der Waals surface area contributed by atoms with Crippen molar-refractivity contribution >= 4 is 11.6 Å². The molecule has 3 aromatic rings.